The van der Waals surface area contributed by atoms with E-state index in [2.05, 4.69) is 15.6 Å². The molecule has 0 saturated heterocycles. The van der Waals surface area contributed by atoms with Crippen LogP contribution in [0, 0.1) is 0 Å². The highest BCUT2D eigenvalue weighted by Gasteiger charge is 2.29. The summed E-state index contributed by atoms with van der Waals surface area (Å²) in [5, 5.41) is 12.3. The molecule has 0 saturated carbocycles. The Balaban J connectivity index is 1.22. The van der Waals surface area contributed by atoms with Crippen molar-refractivity contribution in [2.45, 2.75) is 142 Å². The summed E-state index contributed by atoms with van der Waals surface area (Å²) in [7, 11) is 0. The first-order valence-electron chi connectivity index (χ1n) is 22.4. The Bertz CT molecular complexity index is 2150. The summed E-state index contributed by atoms with van der Waals surface area (Å²) >= 11 is 0. The number of hydrogen-bond acceptors (Lipinski definition) is 10. The lowest BCUT2D eigenvalue weighted by Gasteiger charge is -2.29. The van der Waals surface area contributed by atoms with Gasteiger partial charge in [-0.05, 0) is 80.8 Å². The van der Waals surface area contributed by atoms with Crippen molar-refractivity contribution in [2.24, 2.45) is 0 Å². The van der Waals surface area contributed by atoms with Crippen molar-refractivity contribution in [1.82, 2.24) is 20.3 Å². The number of para-hydroxylation sites is 1. The lowest BCUT2D eigenvalue weighted by Crippen LogP contribution is -2.40. The quantitative estimate of drug-likeness (QED) is 0.0352. The molecule has 0 bridgehead atoms. The van der Waals surface area contributed by atoms with Crippen molar-refractivity contribution in [3.8, 4) is 22.5 Å². The number of rotatable bonds is 26. The van der Waals surface area contributed by atoms with E-state index in [4.69, 9.17) is 10.5 Å². The van der Waals surface area contributed by atoms with Crippen molar-refractivity contribution in [1.29, 1.82) is 0 Å². The monoisotopic (exact) mass is 846 g/mol. The maximum atomic E-state index is 13.9. The van der Waals surface area contributed by atoms with Gasteiger partial charge in [0.1, 0.15) is 17.3 Å². The summed E-state index contributed by atoms with van der Waals surface area (Å²) in [6, 6.07) is 21.7. The van der Waals surface area contributed by atoms with Gasteiger partial charge < -0.3 is 20.7 Å². The molecule has 330 valence electrons. The summed E-state index contributed by atoms with van der Waals surface area (Å²) in [4.78, 5) is 77.9. The van der Waals surface area contributed by atoms with Gasteiger partial charge in [-0.3, -0.25) is 28.8 Å². The molecule has 1 aliphatic rings. The van der Waals surface area contributed by atoms with Gasteiger partial charge in [0.05, 0.1) is 37.0 Å². The van der Waals surface area contributed by atoms with E-state index in [9.17, 15) is 28.8 Å². The maximum absolute atomic E-state index is 13.9. The minimum Gasteiger partial charge on any atom is -0.466 e. The highest BCUT2D eigenvalue weighted by molar-refractivity contribution is 6.00. The summed E-state index contributed by atoms with van der Waals surface area (Å²) in [6.07, 6.45) is 9.37. The molecule has 2 amide bonds. The predicted octanol–water partition coefficient (Wildman–Crippen LogP) is 8.76. The third-order valence-corrected chi connectivity index (χ3v) is 11.4. The lowest BCUT2D eigenvalue weighted by molar-refractivity contribution is -0.145. The van der Waals surface area contributed by atoms with Gasteiger partial charge in [0.2, 0.25) is 5.91 Å². The number of Topliss-reactive ketones (excluding diaryl/α,β-unsaturated/α-hetero) is 3. The van der Waals surface area contributed by atoms with Gasteiger partial charge in [-0.2, -0.15) is 0 Å². The second kappa shape index (κ2) is 24.5. The average Bonchev–Trinajstić information content (AvgIpc) is 3.70. The molecule has 1 aromatic heterocycles. The third kappa shape index (κ3) is 13.8. The van der Waals surface area contributed by atoms with E-state index in [0.717, 1.165) is 53.0 Å². The fourth-order valence-corrected chi connectivity index (χ4v) is 7.69. The second-order valence-corrected chi connectivity index (χ2v) is 16.0. The molecule has 1 aliphatic heterocycles. The zero-order valence-corrected chi connectivity index (χ0v) is 36.4. The number of amides is 2. The summed E-state index contributed by atoms with van der Waals surface area (Å²) in [5.41, 5.74) is 11.9. The number of fused-ring (bicyclic) bond motifs is 5. The Morgan fingerprint density at radius 1 is 0.710 bits per heavy atom. The van der Waals surface area contributed by atoms with Gasteiger partial charge in [-0.15, -0.1) is 5.10 Å². The van der Waals surface area contributed by atoms with Gasteiger partial charge in [0, 0.05) is 67.4 Å². The topological polar surface area (TPSA) is 184 Å². The van der Waals surface area contributed by atoms with Crippen molar-refractivity contribution >= 4 is 46.5 Å². The maximum Gasteiger partial charge on any atom is 0.306 e. The van der Waals surface area contributed by atoms with E-state index in [-0.39, 0.29) is 48.0 Å². The van der Waals surface area contributed by atoms with Gasteiger partial charge in [0.15, 0.2) is 5.78 Å². The number of carbonyl (C=O) groups is 6. The number of unbranched alkanes of at least 4 members (excludes halogenated alkanes) is 6. The normalized spacial score (nSPS) is 12.3. The van der Waals surface area contributed by atoms with Crippen LogP contribution in [0.4, 0.5) is 11.4 Å². The van der Waals surface area contributed by atoms with Crippen LogP contribution in [0.15, 0.2) is 72.8 Å². The number of nitrogens with one attached hydrogen (secondary N) is 1. The standard InChI is InChI=1S/C49H62N6O7/c1-3-38(56)19-10-14-25-45(59)54-34-36-18-9-11-20-40(36)47-48(41-21-12-13-23-43(41)54)55(53-52-47)32-16-15-22-42(51-49(61)35-26-28-37(50)29-27-35)44(58)24-8-6-5-7-17-33-62-46(60)31-30-39(57)4-2/h9,11-13,18,20-21,23,26-29,42H,3-8,10,14-17,19,22,24-25,30-34,50H2,1-2H3,(H,51,61). The number of nitrogen functional groups attached to an aromatic ring is 1. The molecule has 2 heterocycles. The number of carbonyl (C=O) groups excluding carboxylic acids is 6. The first-order chi connectivity index (χ1) is 30.1. The van der Waals surface area contributed by atoms with Crippen molar-refractivity contribution < 1.29 is 33.5 Å². The molecule has 62 heavy (non-hydrogen) atoms. The molecule has 13 heteroatoms. The number of nitrogens with two attached hydrogens (primary N) is 1. The molecule has 0 radical (unpaired) electrons. The summed E-state index contributed by atoms with van der Waals surface area (Å²) in [5.74, 6) is -0.464. The smallest absolute Gasteiger partial charge is 0.306 e. The molecule has 0 fully saturated rings. The number of esters is 1. The molecule has 3 aromatic carbocycles. The van der Waals surface area contributed by atoms with Crippen LogP contribution >= 0.6 is 0 Å². The van der Waals surface area contributed by atoms with Crippen LogP contribution in [-0.4, -0.2) is 62.8 Å². The van der Waals surface area contributed by atoms with Crippen LogP contribution in [0.25, 0.3) is 22.5 Å². The number of anilines is 2. The van der Waals surface area contributed by atoms with E-state index in [1.807, 2.05) is 65.0 Å². The number of hydrogen-bond donors (Lipinski definition) is 2. The molecule has 0 aliphatic carbocycles. The van der Waals surface area contributed by atoms with Crippen LogP contribution in [-0.2, 0) is 41.8 Å². The molecule has 1 atom stereocenters. The highest BCUT2D eigenvalue weighted by Crippen LogP contribution is 2.41. The first kappa shape index (κ1) is 47.1. The van der Waals surface area contributed by atoms with Gasteiger partial charge in [-0.25, -0.2) is 4.68 Å². The summed E-state index contributed by atoms with van der Waals surface area (Å²) in [6.45, 7) is 4.83. The number of aryl methyl sites for hydroxylation is 1. The van der Waals surface area contributed by atoms with Gasteiger partial charge in [0.25, 0.3) is 5.91 Å². The van der Waals surface area contributed by atoms with Crippen molar-refractivity contribution in [3.05, 3.63) is 83.9 Å². The van der Waals surface area contributed by atoms with E-state index in [1.165, 1.54) is 0 Å². The van der Waals surface area contributed by atoms with Crippen molar-refractivity contribution in [2.75, 3.05) is 17.2 Å². The molecule has 3 N–H and O–H groups in total. The fourth-order valence-electron chi connectivity index (χ4n) is 7.69. The van der Waals surface area contributed by atoms with Crippen LogP contribution < -0.4 is 16.0 Å². The van der Waals surface area contributed by atoms with Crippen LogP contribution in [0.1, 0.15) is 139 Å². The molecular formula is C49H62N6O7. The minimum atomic E-state index is -0.678. The molecule has 5 rings (SSSR count). The number of ketones is 3. The highest BCUT2D eigenvalue weighted by atomic mass is 16.5. The van der Waals surface area contributed by atoms with Gasteiger partial charge >= 0.3 is 5.97 Å². The van der Waals surface area contributed by atoms with E-state index < -0.39 is 6.04 Å². The number of aromatic nitrogens is 3. The van der Waals surface area contributed by atoms with E-state index in [0.29, 0.717) is 108 Å². The Labute approximate surface area is 365 Å². The molecular weight excluding hydrogens is 785 g/mol. The Hall–Kier alpha value is -5.98. The Morgan fingerprint density at radius 3 is 2.15 bits per heavy atom. The van der Waals surface area contributed by atoms with E-state index in [1.54, 1.807) is 31.2 Å². The second-order valence-electron chi connectivity index (χ2n) is 16.0. The third-order valence-electron chi connectivity index (χ3n) is 11.4. The zero-order chi connectivity index (χ0) is 44.3. The Kier molecular flexibility index (Phi) is 18.6. The lowest BCUT2D eigenvalue weighted by atomic mass is 9.95. The van der Waals surface area contributed by atoms with Crippen molar-refractivity contribution in [3.63, 3.8) is 0 Å². The predicted molar refractivity (Wildman–Crippen MR) is 240 cm³/mol. The van der Waals surface area contributed by atoms with Crippen LogP contribution in [0.2, 0.25) is 0 Å². The number of benzene rings is 3. The van der Waals surface area contributed by atoms with Crippen LogP contribution in [0.5, 0.6) is 0 Å². The Morgan fingerprint density at radius 2 is 1.37 bits per heavy atom. The largest absolute Gasteiger partial charge is 0.466 e. The fraction of sp³-hybridized carbons (Fsp3) is 0.469. The van der Waals surface area contributed by atoms with E-state index >= 15 is 0 Å². The molecule has 0 spiro atoms. The molecule has 4 aromatic rings. The minimum absolute atomic E-state index is 0.00772. The first-order valence-corrected chi connectivity index (χ1v) is 22.4. The molecule has 1 unspecified atom stereocenters. The van der Waals surface area contributed by atoms with Crippen LogP contribution in [0.3, 0.4) is 0 Å². The SMILES string of the molecule is CCC(=O)CCCCC(=O)N1Cc2ccccc2-c2nnn(CCCCC(NC(=O)c3ccc(N)cc3)C(=O)CCCCCCCOC(=O)CCC(=O)CC)c2-c2ccccc21. The summed E-state index contributed by atoms with van der Waals surface area (Å²) < 4.78 is 7.13. The number of ether oxygens (including phenoxy) is 1. The zero-order valence-electron chi connectivity index (χ0n) is 36.4. The van der Waals surface area contributed by atoms with Gasteiger partial charge in [-0.1, -0.05) is 80.8 Å². The molecule has 13 nitrogen and oxygen atoms in total. The average molecular weight is 847 g/mol. The number of nitrogens with zero attached hydrogens (tertiary/aromatic N) is 4.